The SMILES string of the molecule is Cc1nnn2c1CN[C@@H]1c3ccccc3CC[C@H]12.O=C(O)C(F)(F)F. The third-order valence-corrected chi connectivity index (χ3v) is 4.52. The molecule has 0 fully saturated rings. The number of hydrogen-bond donors (Lipinski definition) is 2. The summed E-state index contributed by atoms with van der Waals surface area (Å²) in [6.45, 7) is 2.91. The van der Waals surface area contributed by atoms with Crippen LogP contribution in [-0.4, -0.2) is 32.2 Å². The average Bonchev–Trinajstić information content (AvgIpc) is 2.96. The van der Waals surface area contributed by atoms with Gasteiger partial charge in [0.2, 0.25) is 0 Å². The topological polar surface area (TPSA) is 80.0 Å². The van der Waals surface area contributed by atoms with Crippen LogP contribution in [0.15, 0.2) is 24.3 Å². The van der Waals surface area contributed by atoms with Gasteiger partial charge in [0, 0.05) is 6.54 Å². The molecule has 1 aliphatic heterocycles. The molecule has 0 amide bonds. The second kappa shape index (κ2) is 6.47. The number of alkyl halides is 3. The molecule has 0 bridgehead atoms. The fourth-order valence-electron chi connectivity index (χ4n) is 3.33. The highest BCUT2D eigenvalue weighted by molar-refractivity contribution is 5.73. The molecule has 2 heterocycles. The summed E-state index contributed by atoms with van der Waals surface area (Å²) in [4.78, 5) is 8.90. The van der Waals surface area contributed by atoms with Gasteiger partial charge in [-0.2, -0.15) is 13.2 Å². The predicted molar refractivity (Wildman–Crippen MR) is 81.8 cm³/mol. The lowest BCUT2D eigenvalue weighted by Gasteiger charge is -2.38. The Morgan fingerprint density at radius 1 is 1.36 bits per heavy atom. The van der Waals surface area contributed by atoms with Gasteiger partial charge in [-0.15, -0.1) is 5.10 Å². The molecular weight excluding hydrogens is 337 g/mol. The lowest BCUT2D eigenvalue weighted by atomic mass is 9.83. The van der Waals surface area contributed by atoms with Gasteiger partial charge >= 0.3 is 12.1 Å². The number of aliphatic carboxylic acids is 1. The van der Waals surface area contributed by atoms with Crippen LogP contribution in [0.3, 0.4) is 0 Å². The van der Waals surface area contributed by atoms with Crippen LogP contribution in [0, 0.1) is 6.92 Å². The van der Waals surface area contributed by atoms with Crippen molar-refractivity contribution in [2.24, 2.45) is 0 Å². The molecule has 25 heavy (non-hydrogen) atoms. The maximum Gasteiger partial charge on any atom is 0.490 e. The van der Waals surface area contributed by atoms with E-state index in [1.165, 1.54) is 16.8 Å². The first-order chi connectivity index (χ1) is 11.8. The summed E-state index contributed by atoms with van der Waals surface area (Å²) in [5, 5.41) is 19.3. The number of fused-ring (bicyclic) bond motifs is 5. The first-order valence-electron chi connectivity index (χ1n) is 7.81. The Morgan fingerprint density at radius 3 is 2.72 bits per heavy atom. The summed E-state index contributed by atoms with van der Waals surface area (Å²) in [6.07, 6.45) is -2.80. The highest BCUT2D eigenvalue weighted by Crippen LogP contribution is 2.40. The Labute approximate surface area is 141 Å². The van der Waals surface area contributed by atoms with Crippen LogP contribution in [0.25, 0.3) is 0 Å². The van der Waals surface area contributed by atoms with Gasteiger partial charge in [0.05, 0.1) is 23.5 Å². The van der Waals surface area contributed by atoms with Gasteiger partial charge in [-0.3, -0.25) is 0 Å². The number of aromatic nitrogens is 3. The van der Waals surface area contributed by atoms with Crippen molar-refractivity contribution in [2.45, 2.75) is 44.6 Å². The molecule has 1 aliphatic carbocycles. The molecule has 0 saturated carbocycles. The molecule has 6 nitrogen and oxygen atoms in total. The van der Waals surface area contributed by atoms with Gasteiger partial charge in [0.25, 0.3) is 0 Å². The molecule has 0 saturated heterocycles. The monoisotopic (exact) mass is 354 g/mol. The van der Waals surface area contributed by atoms with E-state index in [1.807, 2.05) is 6.92 Å². The number of halogens is 3. The van der Waals surface area contributed by atoms with E-state index in [2.05, 4.69) is 44.6 Å². The van der Waals surface area contributed by atoms with Gasteiger partial charge in [0.1, 0.15) is 0 Å². The normalized spacial score (nSPS) is 21.3. The maximum atomic E-state index is 10.6. The van der Waals surface area contributed by atoms with Gasteiger partial charge in [0.15, 0.2) is 0 Å². The van der Waals surface area contributed by atoms with E-state index in [1.54, 1.807) is 0 Å². The maximum absolute atomic E-state index is 10.6. The van der Waals surface area contributed by atoms with Crippen LogP contribution in [0.1, 0.15) is 41.0 Å². The van der Waals surface area contributed by atoms with Crippen molar-refractivity contribution in [1.29, 1.82) is 0 Å². The summed E-state index contributed by atoms with van der Waals surface area (Å²) in [7, 11) is 0. The zero-order valence-corrected chi connectivity index (χ0v) is 13.4. The minimum Gasteiger partial charge on any atom is -0.475 e. The molecule has 1 aromatic carbocycles. The van der Waals surface area contributed by atoms with Gasteiger partial charge < -0.3 is 10.4 Å². The summed E-state index contributed by atoms with van der Waals surface area (Å²) in [6, 6.07) is 9.56. The van der Waals surface area contributed by atoms with Crippen molar-refractivity contribution in [2.75, 3.05) is 0 Å². The Hall–Kier alpha value is -2.42. The lowest BCUT2D eigenvalue weighted by Crippen LogP contribution is -2.40. The minimum atomic E-state index is -5.08. The van der Waals surface area contributed by atoms with Crippen molar-refractivity contribution in [3.05, 3.63) is 46.8 Å². The molecule has 0 radical (unpaired) electrons. The molecule has 4 rings (SSSR count). The number of carboxylic acid groups (broad SMARTS) is 1. The van der Waals surface area contributed by atoms with Crippen LogP contribution in [0.4, 0.5) is 13.2 Å². The first-order valence-corrected chi connectivity index (χ1v) is 7.81. The van der Waals surface area contributed by atoms with Crippen LogP contribution in [0.5, 0.6) is 0 Å². The van der Waals surface area contributed by atoms with E-state index in [4.69, 9.17) is 9.90 Å². The highest BCUT2D eigenvalue weighted by atomic mass is 19.4. The fourth-order valence-corrected chi connectivity index (χ4v) is 3.33. The number of carboxylic acids is 1. The fraction of sp³-hybridized carbons (Fsp3) is 0.438. The van der Waals surface area contributed by atoms with E-state index in [-0.39, 0.29) is 0 Å². The molecule has 2 N–H and O–H groups in total. The third kappa shape index (κ3) is 3.37. The highest BCUT2D eigenvalue weighted by Gasteiger charge is 2.38. The standard InChI is InChI=1S/C14H16N4.C2HF3O2/c1-9-13-8-15-14-11-5-3-2-4-10(11)6-7-12(14)18(13)17-16-9;3-2(4,5)1(6)7/h2-5,12,14-15H,6-8H2,1H3;(H,6,7)/t12-,14-;/m1./s1. The number of hydrogen-bond acceptors (Lipinski definition) is 4. The van der Waals surface area contributed by atoms with Crippen LogP contribution in [-0.2, 0) is 17.8 Å². The first kappa shape index (κ1) is 17.4. The smallest absolute Gasteiger partial charge is 0.475 e. The molecule has 2 aromatic rings. The van der Waals surface area contributed by atoms with Crippen molar-refractivity contribution < 1.29 is 23.1 Å². The lowest BCUT2D eigenvalue weighted by molar-refractivity contribution is -0.192. The van der Waals surface area contributed by atoms with Gasteiger partial charge in [-0.1, -0.05) is 29.5 Å². The zero-order valence-electron chi connectivity index (χ0n) is 13.4. The molecular formula is C16H17F3N4O2. The quantitative estimate of drug-likeness (QED) is 0.760. The van der Waals surface area contributed by atoms with E-state index >= 15 is 0 Å². The number of benzene rings is 1. The molecule has 2 atom stereocenters. The van der Waals surface area contributed by atoms with Crippen molar-refractivity contribution >= 4 is 5.97 Å². The Balaban J connectivity index is 0.000000225. The number of nitrogens with zero attached hydrogens (tertiary/aromatic N) is 3. The van der Waals surface area contributed by atoms with E-state index in [0.717, 1.165) is 25.1 Å². The van der Waals surface area contributed by atoms with E-state index in [9.17, 15) is 13.2 Å². The summed E-state index contributed by atoms with van der Waals surface area (Å²) >= 11 is 0. The van der Waals surface area contributed by atoms with Crippen LogP contribution < -0.4 is 5.32 Å². The molecule has 0 spiro atoms. The minimum absolute atomic E-state index is 0.392. The van der Waals surface area contributed by atoms with Crippen molar-refractivity contribution in [3.63, 3.8) is 0 Å². The second-order valence-electron chi connectivity index (χ2n) is 6.03. The van der Waals surface area contributed by atoms with Crippen molar-refractivity contribution in [1.82, 2.24) is 20.3 Å². The largest absolute Gasteiger partial charge is 0.490 e. The number of aryl methyl sites for hydroxylation is 2. The van der Waals surface area contributed by atoms with E-state index in [0.29, 0.717) is 12.1 Å². The Kier molecular flexibility index (Phi) is 4.51. The van der Waals surface area contributed by atoms with Crippen molar-refractivity contribution in [3.8, 4) is 0 Å². The molecule has 134 valence electrons. The molecule has 0 unspecified atom stereocenters. The number of nitrogens with one attached hydrogen (secondary N) is 1. The number of carbonyl (C=O) groups is 1. The van der Waals surface area contributed by atoms with E-state index < -0.39 is 12.1 Å². The summed E-state index contributed by atoms with van der Waals surface area (Å²) in [5.74, 6) is -2.76. The van der Waals surface area contributed by atoms with Crippen LogP contribution >= 0.6 is 0 Å². The summed E-state index contributed by atoms with van der Waals surface area (Å²) < 4.78 is 33.9. The average molecular weight is 354 g/mol. The third-order valence-electron chi connectivity index (χ3n) is 4.52. The van der Waals surface area contributed by atoms with Gasteiger partial charge in [-0.25, -0.2) is 9.48 Å². The molecule has 1 aromatic heterocycles. The molecule has 9 heteroatoms. The van der Waals surface area contributed by atoms with Crippen LogP contribution in [0.2, 0.25) is 0 Å². The van der Waals surface area contributed by atoms with Gasteiger partial charge in [-0.05, 0) is 30.9 Å². The number of rotatable bonds is 0. The second-order valence-corrected chi connectivity index (χ2v) is 6.03. The Morgan fingerprint density at radius 2 is 2.04 bits per heavy atom. The molecule has 2 aliphatic rings. The predicted octanol–water partition coefficient (Wildman–Crippen LogP) is 2.55. The summed E-state index contributed by atoms with van der Waals surface area (Å²) in [5.41, 5.74) is 5.22. The zero-order chi connectivity index (χ0) is 18.2. The Bertz CT molecular complexity index is 788.